The molecule has 1 aliphatic carbocycles. The summed E-state index contributed by atoms with van der Waals surface area (Å²) in [6.45, 7) is 6.59. The third-order valence-corrected chi connectivity index (χ3v) is 12.6. The zero-order valence-corrected chi connectivity index (χ0v) is 32.8. The van der Waals surface area contributed by atoms with Crippen LogP contribution in [0.5, 0.6) is 0 Å². The molecule has 302 valence electrons. The Morgan fingerprint density at radius 1 is 0.712 bits per heavy atom. The monoisotopic (exact) mass is 793 g/mol. The molecule has 15 heteroatoms. The van der Waals surface area contributed by atoms with Crippen LogP contribution < -0.4 is 25.8 Å². The van der Waals surface area contributed by atoms with Gasteiger partial charge in [-0.3, -0.25) is 38.9 Å². The number of imidazole rings is 1. The van der Waals surface area contributed by atoms with Crippen molar-refractivity contribution < 1.29 is 19.2 Å². The van der Waals surface area contributed by atoms with Crippen LogP contribution in [0.25, 0.3) is 11.2 Å². The van der Waals surface area contributed by atoms with E-state index in [9.17, 15) is 19.2 Å². The van der Waals surface area contributed by atoms with Crippen LogP contribution in [0.3, 0.4) is 0 Å². The van der Waals surface area contributed by atoms with E-state index in [4.69, 9.17) is 9.97 Å². The molecule has 4 aliphatic heterocycles. The lowest BCUT2D eigenvalue weighted by Gasteiger charge is -2.37. The molecular formula is C44H47N11O4. The lowest BCUT2D eigenvalue weighted by Crippen LogP contribution is -2.54. The molecule has 10 rings (SSSR count). The van der Waals surface area contributed by atoms with Gasteiger partial charge in [-0.25, -0.2) is 9.97 Å². The van der Waals surface area contributed by atoms with Crippen molar-refractivity contribution in [2.24, 2.45) is 5.92 Å². The first kappa shape index (κ1) is 37.0. The second-order valence-corrected chi connectivity index (χ2v) is 16.4. The molecule has 15 nitrogen and oxygen atoms in total. The molecule has 0 bridgehead atoms. The number of carbonyl (C=O) groups excluding carboxylic acids is 4. The van der Waals surface area contributed by atoms with Gasteiger partial charge in [0.2, 0.25) is 23.7 Å². The molecule has 2 unspecified atom stereocenters. The van der Waals surface area contributed by atoms with Gasteiger partial charge < -0.3 is 20.4 Å². The molecular weight excluding hydrogens is 747 g/mol. The molecule has 0 spiro atoms. The Morgan fingerprint density at radius 3 is 2.24 bits per heavy atom. The second-order valence-electron chi connectivity index (χ2n) is 16.4. The average molecular weight is 794 g/mol. The van der Waals surface area contributed by atoms with Gasteiger partial charge in [-0.2, -0.15) is 4.98 Å². The maximum Gasteiger partial charge on any atom is 0.262 e. The van der Waals surface area contributed by atoms with E-state index in [1.807, 2.05) is 42.6 Å². The summed E-state index contributed by atoms with van der Waals surface area (Å²) in [6.07, 6.45) is 7.73. The number of fused-ring (bicyclic) bond motifs is 2. The molecule has 3 N–H and O–H groups in total. The summed E-state index contributed by atoms with van der Waals surface area (Å²) in [4.78, 5) is 73.5. The number of benzene rings is 3. The fraction of sp³-hybridized carbons (Fsp3) is 0.386. The number of hydrogen-bond acceptors (Lipinski definition) is 12. The minimum Gasteiger partial charge on any atom is -0.371 e. The maximum absolute atomic E-state index is 13.4. The van der Waals surface area contributed by atoms with Crippen LogP contribution in [0.2, 0.25) is 0 Å². The summed E-state index contributed by atoms with van der Waals surface area (Å²) in [6, 6.07) is 23.4. The van der Waals surface area contributed by atoms with Crippen molar-refractivity contribution in [2.75, 3.05) is 66.2 Å². The van der Waals surface area contributed by atoms with E-state index in [2.05, 4.69) is 64.5 Å². The minimum absolute atomic E-state index is 0.100. The van der Waals surface area contributed by atoms with Crippen LogP contribution in [-0.4, -0.2) is 105 Å². The van der Waals surface area contributed by atoms with Gasteiger partial charge in [0.05, 0.1) is 17.3 Å². The van der Waals surface area contributed by atoms with E-state index in [1.54, 1.807) is 12.1 Å². The maximum atomic E-state index is 13.4. The lowest BCUT2D eigenvalue weighted by molar-refractivity contribution is -0.136. The van der Waals surface area contributed by atoms with E-state index >= 15 is 0 Å². The number of hydrogen-bond donors (Lipinski definition) is 3. The normalized spacial score (nSPS) is 21.5. The Morgan fingerprint density at radius 2 is 1.46 bits per heavy atom. The summed E-state index contributed by atoms with van der Waals surface area (Å²) < 4.78 is 2.26. The van der Waals surface area contributed by atoms with E-state index in [0.29, 0.717) is 29.0 Å². The smallest absolute Gasteiger partial charge is 0.262 e. The van der Waals surface area contributed by atoms with Gasteiger partial charge in [-0.1, -0.05) is 31.0 Å². The number of anilines is 6. The standard InChI is InChI=1S/C44H47N11O4/c56-38-17-16-37(40(57)49-38)55-41(58)34-15-14-33(24-35(34)42(55)59)53-19-18-28(27-53)26-51-20-22-52(23-21-51)31-12-10-30(11-13-31)46-43-45-25-36-39(50-43)54(32-8-4-5-9-32)44(48-36)47-29-6-2-1-3-7-29/h1-3,6-7,10-15,24-25,28,32,37H,4-5,8-9,16-23,26-27H2,(H,47,48)(H,45,46,50)(H,49,56,57). The molecule has 4 amide bonds. The number of carbonyl (C=O) groups is 4. The van der Waals surface area contributed by atoms with Crippen LogP contribution >= 0.6 is 0 Å². The lowest BCUT2D eigenvalue weighted by atomic mass is 10.0. The number of nitrogens with zero attached hydrogens (tertiary/aromatic N) is 8. The number of amides is 4. The van der Waals surface area contributed by atoms with Crippen LogP contribution in [0.4, 0.5) is 34.6 Å². The summed E-state index contributed by atoms with van der Waals surface area (Å²) in [5, 5.41) is 9.20. The molecule has 2 aromatic heterocycles. The molecule has 1 saturated carbocycles. The number of piperazine rings is 1. The zero-order valence-electron chi connectivity index (χ0n) is 32.8. The molecule has 0 radical (unpaired) electrons. The quantitative estimate of drug-likeness (QED) is 0.153. The number of rotatable bonds is 10. The largest absolute Gasteiger partial charge is 0.371 e. The minimum atomic E-state index is -0.964. The SMILES string of the molecule is O=C1CCC(N2C(=O)c3ccc(N4CCC(CN5CCN(c6ccc(Nc7ncc8nc(Nc9ccccc9)n(C9CCCC9)c8n7)cc6)CC5)C4)cc3C2=O)C(=O)N1. The number of para-hydroxylation sites is 1. The number of piperidine rings is 1. The van der Waals surface area contributed by atoms with Crippen LogP contribution in [0.1, 0.15) is 71.7 Å². The Labute approximate surface area is 341 Å². The highest BCUT2D eigenvalue weighted by molar-refractivity contribution is 6.23. The van der Waals surface area contributed by atoms with Gasteiger partial charge in [0.1, 0.15) is 11.6 Å². The Kier molecular flexibility index (Phi) is 9.67. The van der Waals surface area contributed by atoms with Crippen molar-refractivity contribution in [3.05, 3.63) is 90.1 Å². The predicted molar refractivity (Wildman–Crippen MR) is 224 cm³/mol. The van der Waals surface area contributed by atoms with Crippen LogP contribution in [0.15, 0.2) is 79.0 Å². The van der Waals surface area contributed by atoms with E-state index < -0.39 is 23.8 Å². The van der Waals surface area contributed by atoms with Gasteiger partial charge >= 0.3 is 0 Å². The summed E-state index contributed by atoms with van der Waals surface area (Å²) >= 11 is 0. The fourth-order valence-corrected chi connectivity index (χ4v) is 9.51. The summed E-state index contributed by atoms with van der Waals surface area (Å²) in [5.74, 6) is -0.0913. The first-order chi connectivity index (χ1) is 28.8. The Bertz CT molecular complexity index is 2420. The number of aromatic nitrogens is 4. The molecule has 3 aromatic carbocycles. The van der Waals surface area contributed by atoms with E-state index in [-0.39, 0.29) is 18.7 Å². The van der Waals surface area contributed by atoms with Crippen LogP contribution in [-0.2, 0) is 9.59 Å². The number of nitrogens with one attached hydrogen (secondary N) is 3. The van der Waals surface area contributed by atoms with Crippen molar-refractivity contribution in [1.29, 1.82) is 0 Å². The Hall–Kier alpha value is -6.35. The number of imide groups is 2. The predicted octanol–water partition coefficient (Wildman–Crippen LogP) is 5.48. The van der Waals surface area contributed by atoms with Gasteiger partial charge in [0.15, 0.2) is 5.65 Å². The summed E-state index contributed by atoms with van der Waals surface area (Å²) in [7, 11) is 0. The van der Waals surface area contributed by atoms with Gasteiger partial charge in [0, 0.05) is 81.0 Å². The molecule has 59 heavy (non-hydrogen) atoms. The average Bonchev–Trinajstić information content (AvgIpc) is 4.06. The van der Waals surface area contributed by atoms with E-state index in [1.165, 1.54) is 18.5 Å². The van der Waals surface area contributed by atoms with Crippen molar-refractivity contribution in [2.45, 2.75) is 57.0 Å². The van der Waals surface area contributed by atoms with Crippen molar-refractivity contribution >= 4 is 69.4 Å². The Balaban J connectivity index is 0.731. The van der Waals surface area contributed by atoms with E-state index in [0.717, 1.165) is 104 Å². The summed E-state index contributed by atoms with van der Waals surface area (Å²) in [5.41, 5.74) is 6.27. The molecule has 5 aromatic rings. The fourth-order valence-electron chi connectivity index (χ4n) is 9.51. The molecule has 5 aliphatic rings. The molecule has 2 atom stereocenters. The van der Waals surface area contributed by atoms with Crippen molar-refractivity contribution in [3.8, 4) is 0 Å². The molecule has 4 fully saturated rings. The highest BCUT2D eigenvalue weighted by Crippen LogP contribution is 2.37. The zero-order chi connectivity index (χ0) is 40.0. The third kappa shape index (κ3) is 7.24. The van der Waals surface area contributed by atoms with Crippen LogP contribution in [0, 0.1) is 5.92 Å². The van der Waals surface area contributed by atoms with Gasteiger partial charge in [-0.15, -0.1) is 0 Å². The first-order valence-electron chi connectivity index (χ1n) is 20.9. The highest BCUT2D eigenvalue weighted by Gasteiger charge is 2.45. The molecule has 3 saturated heterocycles. The first-order valence-corrected chi connectivity index (χ1v) is 20.9. The third-order valence-electron chi connectivity index (χ3n) is 12.6. The topological polar surface area (TPSA) is 161 Å². The van der Waals surface area contributed by atoms with Gasteiger partial charge in [-0.05, 0) is 86.2 Å². The molecule has 6 heterocycles. The van der Waals surface area contributed by atoms with Crippen molar-refractivity contribution in [3.63, 3.8) is 0 Å². The highest BCUT2D eigenvalue weighted by atomic mass is 16.2. The second kappa shape index (κ2) is 15.4. The van der Waals surface area contributed by atoms with Gasteiger partial charge in [0.25, 0.3) is 11.8 Å². The van der Waals surface area contributed by atoms with Crippen molar-refractivity contribution in [1.82, 2.24) is 34.6 Å².